The van der Waals surface area contributed by atoms with Gasteiger partial charge in [-0.15, -0.1) is 0 Å². The molecule has 1 atom stereocenters. The molecule has 0 bridgehead atoms. The highest BCUT2D eigenvalue weighted by Crippen LogP contribution is 2.20. The van der Waals surface area contributed by atoms with Crippen LogP contribution >= 0.6 is 0 Å². The Morgan fingerprint density at radius 1 is 1.35 bits per heavy atom. The molecule has 23 heavy (non-hydrogen) atoms. The Morgan fingerprint density at radius 2 is 2.22 bits per heavy atom. The van der Waals surface area contributed by atoms with Gasteiger partial charge in [0.25, 0.3) is 0 Å². The minimum absolute atomic E-state index is 0.127. The largest absolute Gasteiger partial charge is 0.445 e. The number of benzene rings is 1. The number of likely N-dealkylation sites (tertiary alicyclic amines) is 1. The average Bonchev–Trinajstić information content (AvgIpc) is 3.25. The Labute approximate surface area is 136 Å². The van der Waals surface area contributed by atoms with Crippen LogP contribution in [0, 0.1) is 0 Å². The van der Waals surface area contributed by atoms with Crippen molar-refractivity contribution in [3.05, 3.63) is 66.8 Å². The number of aromatic nitrogens is 2. The lowest BCUT2D eigenvalue weighted by atomic mass is 10.2. The molecular weight excluding hydrogens is 290 g/mol. The zero-order valence-electron chi connectivity index (χ0n) is 13.0. The Balaban J connectivity index is 1.51. The predicted octanol–water partition coefficient (Wildman–Crippen LogP) is 3.24. The van der Waals surface area contributed by atoms with E-state index in [1.54, 1.807) is 12.5 Å². The van der Waals surface area contributed by atoms with Crippen molar-refractivity contribution >= 4 is 6.09 Å². The normalized spacial score (nSPS) is 17.7. The molecule has 5 nitrogen and oxygen atoms in total. The number of hydrogen-bond acceptors (Lipinski definition) is 3. The fourth-order valence-corrected chi connectivity index (χ4v) is 2.76. The third-order valence-electron chi connectivity index (χ3n) is 3.97. The lowest BCUT2D eigenvalue weighted by molar-refractivity contribution is 0.0974. The van der Waals surface area contributed by atoms with Crippen LogP contribution in [0.1, 0.15) is 18.4 Å². The molecule has 120 valence electrons. The SMILES string of the molecule is O=C(OCc1ccccc1)N1CCC[C@@H]1/C=C/Cn1ccnc1. The quantitative estimate of drug-likeness (QED) is 0.796. The summed E-state index contributed by atoms with van der Waals surface area (Å²) in [5.74, 6) is 0. The molecule has 0 saturated carbocycles. The molecule has 1 aliphatic rings. The topological polar surface area (TPSA) is 47.4 Å². The average molecular weight is 311 g/mol. The monoisotopic (exact) mass is 311 g/mol. The lowest BCUT2D eigenvalue weighted by Crippen LogP contribution is -2.34. The van der Waals surface area contributed by atoms with Gasteiger partial charge in [0.1, 0.15) is 6.61 Å². The van der Waals surface area contributed by atoms with Gasteiger partial charge < -0.3 is 14.2 Å². The number of imidazole rings is 1. The molecule has 1 aromatic carbocycles. The van der Waals surface area contributed by atoms with Crippen molar-refractivity contribution in [2.45, 2.75) is 32.0 Å². The highest BCUT2D eigenvalue weighted by molar-refractivity contribution is 5.68. The summed E-state index contributed by atoms with van der Waals surface area (Å²) in [5.41, 5.74) is 1.01. The molecule has 1 amide bonds. The van der Waals surface area contributed by atoms with Crippen LogP contribution in [0.5, 0.6) is 0 Å². The van der Waals surface area contributed by atoms with Gasteiger partial charge in [-0.2, -0.15) is 0 Å². The second-order valence-electron chi connectivity index (χ2n) is 5.63. The molecule has 2 aromatic rings. The van der Waals surface area contributed by atoms with Crippen LogP contribution in [-0.2, 0) is 17.9 Å². The van der Waals surface area contributed by atoms with E-state index < -0.39 is 0 Å². The summed E-state index contributed by atoms with van der Waals surface area (Å²) in [5, 5.41) is 0. The van der Waals surface area contributed by atoms with Gasteiger partial charge in [-0.3, -0.25) is 0 Å². The second-order valence-corrected chi connectivity index (χ2v) is 5.63. The fraction of sp³-hybridized carbons (Fsp3) is 0.333. The second kappa shape index (κ2) is 7.63. The van der Waals surface area contributed by atoms with Crippen LogP contribution in [0.2, 0.25) is 0 Å². The van der Waals surface area contributed by atoms with Crippen LogP contribution in [0.4, 0.5) is 4.79 Å². The molecule has 0 aliphatic carbocycles. The maximum absolute atomic E-state index is 12.3. The number of ether oxygens (including phenoxy) is 1. The molecule has 1 aromatic heterocycles. The number of allylic oxidation sites excluding steroid dienone is 1. The molecule has 0 radical (unpaired) electrons. The summed E-state index contributed by atoms with van der Waals surface area (Å²) in [6.45, 7) is 1.85. The first kappa shape index (κ1) is 15.3. The summed E-state index contributed by atoms with van der Waals surface area (Å²) in [4.78, 5) is 18.1. The van der Waals surface area contributed by atoms with Crippen molar-refractivity contribution in [3.63, 3.8) is 0 Å². The van der Waals surface area contributed by atoms with E-state index in [2.05, 4.69) is 17.1 Å². The molecule has 2 heterocycles. The van der Waals surface area contributed by atoms with Gasteiger partial charge in [0.05, 0.1) is 12.4 Å². The molecule has 5 heteroatoms. The Morgan fingerprint density at radius 3 is 3.00 bits per heavy atom. The maximum Gasteiger partial charge on any atom is 0.410 e. The van der Waals surface area contributed by atoms with Crippen molar-refractivity contribution in [1.29, 1.82) is 0 Å². The van der Waals surface area contributed by atoms with Gasteiger partial charge in [0.2, 0.25) is 0 Å². The Kier molecular flexibility index (Phi) is 5.09. The number of carbonyl (C=O) groups excluding carboxylic acids is 1. The van der Waals surface area contributed by atoms with Crippen molar-refractivity contribution < 1.29 is 9.53 Å². The fourth-order valence-electron chi connectivity index (χ4n) is 2.76. The summed E-state index contributed by atoms with van der Waals surface area (Å²) in [6.07, 6.45) is 11.4. The highest BCUT2D eigenvalue weighted by Gasteiger charge is 2.27. The van der Waals surface area contributed by atoms with Gasteiger partial charge in [0, 0.05) is 25.5 Å². The third kappa shape index (κ3) is 4.22. The standard InChI is InChI=1S/C18H21N3O2/c22-18(23-14-16-6-2-1-3-7-16)21-12-5-9-17(21)8-4-11-20-13-10-19-15-20/h1-4,6-8,10,13,15,17H,5,9,11-12,14H2/b8-4+/t17-/m0/s1. The number of carbonyl (C=O) groups is 1. The highest BCUT2D eigenvalue weighted by atomic mass is 16.6. The van der Waals surface area contributed by atoms with Crippen LogP contribution in [0.3, 0.4) is 0 Å². The number of hydrogen-bond donors (Lipinski definition) is 0. The molecule has 1 fully saturated rings. The van der Waals surface area contributed by atoms with Crippen LogP contribution in [0.25, 0.3) is 0 Å². The minimum Gasteiger partial charge on any atom is -0.445 e. The van der Waals surface area contributed by atoms with E-state index in [0.29, 0.717) is 6.61 Å². The third-order valence-corrected chi connectivity index (χ3v) is 3.97. The molecule has 3 rings (SSSR count). The van der Waals surface area contributed by atoms with Crippen LogP contribution in [-0.4, -0.2) is 33.1 Å². The molecule has 0 spiro atoms. The number of nitrogens with zero attached hydrogens (tertiary/aromatic N) is 3. The van der Waals surface area contributed by atoms with E-state index in [4.69, 9.17) is 4.74 Å². The summed E-state index contributed by atoms with van der Waals surface area (Å²) in [7, 11) is 0. The van der Waals surface area contributed by atoms with Crippen LogP contribution in [0.15, 0.2) is 61.2 Å². The predicted molar refractivity (Wildman–Crippen MR) is 87.7 cm³/mol. The first-order valence-electron chi connectivity index (χ1n) is 7.92. The Hall–Kier alpha value is -2.56. The molecule has 0 unspecified atom stereocenters. The summed E-state index contributed by atoms with van der Waals surface area (Å²) in [6, 6.07) is 9.88. The van der Waals surface area contributed by atoms with E-state index >= 15 is 0 Å². The van der Waals surface area contributed by atoms with Crippen molar-refractivity contribution in [2.24, 2.45) is 0 Å². The zero-order chi connectivity index (χ0) is 15.9. The van der Waals surface area contributed by atoms with Crippen molar-refractivity contribution in [2.75, 3.05) is 6.54 Å². The maximum atomic E-state index is 12.3. The summed E-state index contributed by atoms with van der Waals surface area (Å²) < 4.78 is 7.42. The van der Waals surface area contributed by atoms with Crippen molar-refractivity contribution in [3.8, 4) is 0 Å². The van der Waals surface area contributed by atoms with E-state index in [0.717, 1.165) is 31.5 Å². The van der Waals surface area contributed by atoms with Gasteiger partial charge in [0.15, 0.2) is 0 Å². The minimum atomic E-state index is -0.233. The molecular formula is C18H21N3O2. The first-order chi connectivity index (χ1) is 11.3. The van der Waals surface area contributed by atoms with Crippen molar-refractivity contribution in [1.82, 2.24) is 14.5 Å². The van der Waals surface area contributed by atoms with E-state index in [-0.39, 0.29) is 12.1 Å². The van der Waals surface area contributed by atoms with E-state index in [1.165, 1.54) is 0 Å². The lowest BCUT2D eigenvalue weighted by Gasteiger charge is -2.21. The number of amides is 1. The van der Waals surface area contributed by atoms with Gasteiger partial charge in [-0.1, -0.05) is 42.5 Å². The molecule has 0 N–H and O–H groups in total. The van der Waals surface area contributed by atoms with Gasteiger partial charge >= 0.3 is 6.09 Å². The smallest absolute Gasteiger partial charge is 0.410 e. The summed E-state index contributed by atoms with van der Waals surface area (Å²) >= 11 is 0. The molecule has 1 aliphatic heterocycles. The van der Waals surface area contributed by atoms with Crippen LogP contribution < -0.4 is 0 Å². The van der Waals surface area contributed by atoms with Gasteiger partial charge in [-0.05, 0) is 18.4 Å². The first-order valence-corrected chi connectivity index (χ1v) is 7.92. The van der Waals surface area contributed by atoms with E-state index in [1.807, 2.05) is 46.0 Å². The van der Waals surface area contributed by atoms with E-state index in [9.17, 15) is 4.79 Å². The zero-order valence-corrected chi connectivity index (χ0v) is 13.0. The van der Waals surface area contributed by atoms with Gasteiger partial charge in [-0.25, -0.2) is 9.78 Å². The molecule has 1 saturated heterocycles. The number of rotatable bonds is 5. The Bertz CT molecular complexity index is 638.